The Hall–Kier alpha value is -2.02. The van der Waals surface area contributed by atoms with Gasteiger partial charge in [0, 0.05) is 38.9 Å². The van der Waals surface area contributed by atoms with Gasteiger partial charge in [-0.15, -0.1) is 0 Å². The van der Waals surface area contributed by atoms with Crippen LogP contribution in [0.4, 0.5) is 8.78 Å². The molecule has 2 aliphatic heterocycles. The lowest BCUT2D eigenvalue weighted by molar-refractivity contribution is -0.147. The van der Waals surface area contributed by atoms with Crippen LogP contribution in [0.15, 0.2) is 18.2 Å². The maximum atomic E-state index is 14.1. The molecule has 7 heteroatoms. The van der Waals surface area contributed by atoms with Crippen molar-refractivity contribution >= 4 is 11.8 Å². The van der Waals surface area contributed by atoms with Crippen molar-refractivity contribution in [3.05, 3.63) is 35.4 Å². The molecule has 5 nitrogen and oxygen atoms in total. The van der Waals surface area contributed by atoms with Gasteiger partial charge < -0.3 is 14.5 Å². The van der Waals surface area contributed by atoms with E-state index in [0.717, 1.165) is 31.7 Å². The molecule has 0 N–H and O–H groups in total. The van der Waals surface area contributed by atoms with Gasteiger partial charge >= 0.3 is 0 Å². The highest BCUT2D eigenvalue weighted by Crippen LogP contribution is 2.50. The van der Waals surface area contributed by atoms with Crippen LogP contribution in [-0.2, 0) is 20.9 Å². The minimum absolute atomic E-state index is 0.0469. The topological polar surface area (TPSA) is 49.9 Å². The number of hydrogen-bond donors (Lipinski definition) is 0. The molecule has 1 spiro atoms. The minimum atomic E-state index is -0.901. The van der Waals surface area contributed by atoms with E-state index < -0.39 is 22.5 Å². The number of nitrogens with zero attached hydrogens (tertiary/aromatic N) is 2. The number of amides is 2. The lowest BCUT2D eigenvalue weighted by Gasteiger charge is -2.39. The highest BCUT2D eigenvalue weighted by atomic mass is 19.2. The zero-order valence-electron chi connectivity index (χ0n) is 16.2. The van der Waals surface area contributed by atoms with Crippen LogP contribution in [0.2, 0.25) is 0 Å². The van der Waals surface area contributed by atoms with Crippen molar-refractivity contribution in [1.29, 1.82) is 0 Å². The predicted octanol–water partition coefficient (Wildman–Crippen LogP) is 2.73. The number of benzene rings is 1. The molecule has 1 aromatic carbocycles. The summed E-state index contributed by atoms with van der Waals surface area (Å²) in [5, 5.41) is 0. The third-order valence-electron chi connectivity index (χ3n) is 6.59. The van der Waals surface area contributed by atoms with Crippen molar-refractivity contribution in [2.45, 2.75) is 38.6 Å². The van der Waals surface area contributed by atoms with E-state index in [0.29, 0.717) is 32.7 Å². The van der Waals surface area contributed by atoms with Gasteiger partial charge in [0.15, 0.2) is 11.6 Å². The Morgan fingerprint density at radius 1 is 1.18 bits per heavy atom. The van der Waals surface area contributed by atoms with Crippen LogP contribution in [0, 0.1) is 22.5 Å². The van der Waals surface area contributed by atoms with Gasteiger partial charge in [-0.25, -0.2) is 8.78 Å². The number of hydrogen-bond acceptors (Lipinski definition) is 3. The smallest absolute Gasteiger partial charge is 0.231 e. The number of carbonyl (C=O) groups excluding carboxylic acids is 2. The number of piperidine rings is 1. The van der Waals surface area contributed by atoms with E-state index in [9.17, 15) is 18.4 Å². The van der Waals surface area contributed by atoms with Crippen LogP contribution in [0.3, 0.4) is 0 Å². The SMILES string of the molecule is COCC1(C(=O)N2CC[C@]3(CCCN(Cc4cccc(F)c4F)C3=O)C2)CC1. The molecule has 2 saturated heterocycles. The Labute approximate surface area is 163 Å². The van der Waals surface area contributed by atoms with Crippen molar-refractivity contribution in [3.63, 3.8) is 0 Å². The molecule has 1 atom stereocenters. The quantitative estimate of drug-likeness (QED) is 0.774. The van der Waals surface area contributed by atoms with Crippen molar-refractivity contribution in [2.24, 2.45) is 10.8 Å². The van der Waals surface area contributed by atoms with E-state index in [1.165, 1.54) is 12.1 Å². The molecular weight excluding hydrogens is 366 g/mol. The Morgan fingerprint density at radius 3 is 2.68 bits per heavy atom. The largest absolute Gasteiger partial charge is 0.384 e. The molecule has 1 aliphatic carbocycles. The van der Waals surface area contributed by atoms with Crippen molar-refractivity contribution in [2.75, 3.05) is 33.4 Å². The molecule has 152 valence electrons. The summed E-state index contributed by atoms with van der Waals surface area (Å²) >= 11 is 0. The molecule has 0 unspecified atom stereocenters. The lowest BCUT2D eigenvalue weighted by atomic mass is 9.78. The molecule has 3 fully saturated rings. The first-order valence-corrected chi connectivity index (χ1v) is 9.91. The van der Waals surface area contributed by atoms with Crippen LogP contribution >= 0.6 is 0 Å². The third-order valence-corrected chi connectivity index (χ3v) is 6.59. The van der Waals surface area contributed by atoms with E-state index in [-0.39, 0.29) is 23.9 Å². The van der Waals surface area contributed by atoms with Crippen LogP contribution in [-0.4, -0.2) is 55.0 Å². The van der Waals surface area contributed by atoms with Gasteiger partial charge in [-0.1, -0.05) is 12.1 Å². The van der Waals surface area contributed by atoms with Crippen LogP contribution in [0.5, 0.6) is 0 Å². The van der Waals surface area contributed by atoms with Crippen molar-refractivity contribution in [3.8, 4) is 0 Å². The summed E-state index contributed by atoms with van der Waals surface area (Å²) in [6, 6.07) is 4.05. The number of rotatable bonds is 5. The number of halogens is 2. The van der Waals surface area contributed by atoms with Gasteiger partial charge in [0.1, 0.15) is 0 Å². The average Bonchev–Trinajstić information content (AvgIpc) is 3.34. The summed E-state index contributed by atoms with van der Waals surface area (Å²) in [5.41, 5.74) is -0.808. The van der Waals surface area contributed by atoms with Crippen molar-refractivity contribution < 1.29 is 23.1 Å². The second kappa shape index (κ2) is 7.10. The zero-order chi connectivity index (χ0) is 19.9. The molecule has 28 heavy (non-hydrogen) atoms. The highest BCUT2D eigenvalue weighted by Gasteiger charge is 2.56. The van der Waals surface area contributed by atoms with Gasteiger partial charge in [-0.2, -0.15) is 0 Å². The molecule has 3 aliphatic rings. The van der Waals surface area contributed by atoms with E-state index in [1.54, 1.807) is 12.0 Å². The zero-order valence-corrected chi connectivity index (χ0v) is 16.2. The molecule has 4 rings (SSSR count). The van der Waals surface area contributed by atoms with E-state index in [1.807, 2.05) is 4.90 Å². The van der Waals surface area contributed by atoms with E-state index in [4.69, 9.17) is 4.74 Å². The summed E-state index contributed by atoms with van der Waals surface area (Å²) in [6.07, 6.45) is 3.83. The first-order valence-electron chi connectivity index (χ1n) is 9.91. The second-order valence-corrected chi connectivity index (χ2v) is 8.51. The summed E-state index contributed by atoms with van der Waals surface area (Å²) < 4.78 is 32.8. The van der Waals surface area contributed by atoms with E-state index in [2.05, 4.69) is 0 Å². The van der Waals surface area contributed by atoms with E-state index >= 15 is 0 Å². The molecule has 1 saturated carbocycles. The third kappa shape index (κ3) is 3.19. The molecule has 2 amide bonds. The Morgan fingerprint density at radius 2 is 1.96 bits per heavy atom. The van der Waals surface area contributed by atoms with Gasteiger partial charge in [-0.3, -0.25) is 9.59 Å². The van der Waals surface area contributed by atoms with Crippen molar-refractivity contribution in [1.82, 2.24) is 9.80 Å². The first-order chi connectivity index (χ1) is 13.4. The minimum Gasteiger partial charge on any atom is -0.384 e. The van der Waals surface area contributed by atoms with Gasteiger partial charge in [0.05, 0.1) is 17.4 Å². The lowest BCUT2D eigenvalue weighted by Crippen LogP contribution is -2.50. The fourth-order valence-electron chi connectivity index (χ4n) is 4.79. The summed E-state index contributed by atoms with van der Waals surface area (Å²) in [4.78, 5) is 29.6. The number of likely N-dealkylation sites (tertiary alicyclic amines) is 2. The Bertz CT molecular complexity index is 796. The van der Waals surface area contributed by atoms with Crippen LogP contribution in [0.1, 0.15) is 37.7 Å². The normalized spacial score (nSPS) is 26.2. The van der Waals surface area contributed by atoms with Gasteiger partial charge in [0.25, 0.3) is 0 Å². The van der Waals surface area contributed by atoms with Crippen LogP contribution < -0.4 is 0 Å². The second-order valence-electron chi connectivity index (χ2n) is 8.51. The Balaban J connectivity index is 1.47. The highest BCUT2D eigenvalue weighted by molar-refractivity contribution is 5.89. The fourth-order valence-corrected chi connectivity index (χ4v) is 4.79. The molecule has 1 aromatic rings. The number of ether oxygens (including phenoxy) is 1. The molecule has 2 heterocycles. The standard InChI is InChI=1S/C21H26F2N2O3/c1-28-14-21(7-8-21)19(27)25-11-9-20(13-25)6-3-10-24(18(20)26)12-15-4-2-5-16(22)17(15)23/h2,4-5H,3,6-14H2,1H3/t20-/m1/s1. The van der Waals surface area contributed by atoms with Gasteiger partial charge in [-0.05, 0) is 38.2 Å². The fraction of sp³-hybridized carbons (Fsp3) is 0.619. The molecular formula is C21H26F2N2O3. The maximum Gasteiger partial charge on any atom is 0.231 e. The molecule has 0 radical (unpaired) electrons. The number of carbonyl (C=O) groups is 2. The monoisotopic (exact) mass is 392 g/mol. The molecule has 0 bridgehead atoms. The summed E-state index contributed by atoms with van der Waals surface area (Å²) in [5.74, 6) is -1.75. The maximum absolute atomic E-state index is 14.1. The summed E-state index contributed by atoms with van der Waals surface area (Å²) in [7, 11) is 1.60. The van der Waals surface area contributed by atoms with Gasteiger partial charge in [0.2, 0.25) is 11.8 Å². The Kier molecular flexibility index (Phi) is 4.89. The predicted molar refractivity (Wildman–Crippen MR) is 98.2 cm³/mol. The average molecular weight is 392 g/mol. The first kappa shape index (κ1) is 19.3. The van der Waals surface area contributed by atoms with Crippen LogP contribution in [0.25, 0.3) is 0 Å². The molecule has 0 aromatic heterocycles. The number of methoxy groups -OCH3 is 1. The summed E-state index contributed by atoms with van der Waals surface area (Å²) in [6.45, 7) is 1.99.